The summed E-state index contributed by atoms with van der Waals surface area (Å²) in [5.74, 6) is 1.29. The van der Waals surface area contributed by atoms with E-state index in [1.54, 1.807) is 18.1 Å². The van der Waals surface area contributed by atoms with Gasteiger partial charge in [-0.25, -0.2) is 0 Å². The second-order valence-corrected chi connectivity index (χ2v) is 6.18. The van der Waals surface area contributed by atoms with Gasteiger partial charge in [0.15, 0.2) is 0 Å². The number of amides is 1. The van der Waals surface area contributed by atoms with E-state index in [1.807, 2.05) is 24.3 Å². The van der Waals surface area contributed by atoms with E-state index in [0.29, 0.717) is 24.4 Å². The number of ether oxygens (including phenoxy) is 2. The SMILES string of the molecule is COc1cccc(CN(CC2CCCO2)C(=O)c2coc(CN)c2)c1. The largest absolute Gasteiger partial charge is 0.497 e. The number of hydrogen-bond acceptors (Lipinski definition) is 5. The smallest absolute Gasteiger partial charge is 0.257 e. The maximum Gasteiger partial charge on any atom is 0.257 e. The summed E-state index contributed by atoms with van der Waals surface area (Å²) in [4.78, 5) is 14.8. The van der Waals surface area contributed by atoms with Crippen LogP contribution in [0.25, 0.3) is 0 Å². The van der Waals surface area contributed by atoms with Crippen LogP contribution in [0, 0.1) is 0 Å². The molecule has 1 unspecified atom stereocenters. The molecule has 1 atom stereocenters. The molecule has 0 saturated carbocycles. The number of carbonyl (C=O) groups excluding carboxylic acids is 1. The van der Waals surface area contributed by atoms with E-state index in [0.717, 1.165) is 30.8 Å². The summed E-state index contributed by atoms with van der Waals surface area (Å²) in [5.41, 5.74) is 7.10. The number of nitrogens with two attached hydrogens (primary N) is 1. The highest BCUT2D eigenvalue weighted by Crippen LogP contribution is 2.20. The molecule has 2 aromatic rings. The van der Waals surface area contributed by atoms with Crippen molar-refractivity contribution in [2.24, 2.45) is 5.73 Å². The van der Waals surface area contributed by atoms with Crippen molar-refractivity contribution < 1.29 is 18.7 Å². The average Bonchev–Trinajstić information content (AvgIpc) is 3.32. The first-order valence-electron chi connectivity index (χ1n) is 8.51. The minimum Gasteiger partial charge on any atom is -0.497 e. The maximum absolute atomic E-state index is 13.0. The molecule has 0 spiro atoms. The van der Waals surface area contributed by atoms with Crippen LogP contribution in [0.5, 0.6) is 5.75 Å². The van der Waals surface area contributed by atoms with Gasteiger partial charge in [0.25, 0.3) is 5.91 Å². The molecule has 6 heteroatoms. The van der Waals surface area contributed by atoms with Gasteiger partial charge >= 0.3 is 0 Å². The molecular formula is C19H24N2O4. The molecule has 0 radical (unpaired) electrons. The number of methoxy groups -OCH3 is 1. The van der Waals surface area contributed by atoms with Gasteiger partial charge in [-0.15, -0.1) is 0 Å². The van der Waals surface area contributed by atoms with E-state index in [-0.39, 0.29) is 18.6 Å². The molecule has 0 aliphatic carbocycles. The van der Waals surface area contributed by atoms with Crippen molar-refractivity contribution in [3.63, 3.8) is 0 Å². The third-order valence-electron chi connectivity index (χ3n) is 4.34. The summed E-state index contributed by atoms with van der Waals surface area (Å²) >= 11 is 0. The lowest BCUT2D eigenvalue weighted by Gasteiger charge is -2.25. The highest BCUT2D eigenvalue weighted by atomic mass is 16.5. The van der Waals surface area contributed by atoms with Crippen LogP contribution in [-0.4, -0.2) is 37.2 Å². The van der Waals surface area contributed by atoms with Crippen LogP contribution in [-0.2, 0) is 17.8 Å². The zero-order valence-corrected chi connectivity index (χ0v) is 14.4. The van der Waals surface area contributed by atoms with Gasteiger partial charge in [0, 0.05) is 19.7 Å². The van der Waals surface area contributed by atoms with Crippen molar-refractivity contribution in [2.75, 3.05) is 20.3 Å². The second-order valence-electron chi connectivity index (χ2n) is 6.18. The van der Waals surface area contributed by atoms with Crippen molar-refractivity contribution >= 4 is 5.91 Å². The van der Waals surface area contributed by atoms with Gasteiger partial charge in [-0.1, -0.05) is 12.1 Å². The fraction of sp³-hybridized carbons (Fsp3) is 0.421. The lowest BCUT2D eigenvalue weighted by molar-refractivity contribution is 0.0506. The van der Waals surface area contributed by atoms with Crippen LogP contribution < -0.4 is 10.5 Å². The number of benzene rings is 1. The fourth-order valence-corrected chi connectivity index (χ4v) is 3.03. The van der Waals surface area contributed by atoms with Crippen LogP contribution in [0.2, 0.25) is 0 Å². The van der Waals surface area contributed by atoms with E-state index in [1.165, 1.54) is 6.26 Å². The second kappa shape index (κ2) is 8.18. The summed E-state index contributed by atoms with van der Waals surface area (Å²) in [6.07, 6.45) is 3.56. The van der Waals surface area contributed by atoms with E-state index in [9.17, 15) is 4.79 Å². The molecule has 6 nitrogen and oxygen atoms in total. The summed E-state index contributed by atoms with van der Waals surface area (Å²) in [6, 6.07) is 9.44. The van der Waals surface area contributed by atoms with Crippen LogP contribution in [0.4, 0.5) is 0 Å². The van der Waals surface area contributed by atoms with Crippen molar-refractivity contribution in [1.82, 2.24) is 4.90 Å². The first-order chi connectivity index (χ1) is 12.2. The molecule has 2 N–H and O–H groups in total. The highest BCUT2D eigenvalue weighted by molar-refractivity contribution is 5.94. The van der Waals surface area contributed by atoms with E-state index in [4.69, 9.17) is 19.6 Å². The summed E-state index contributed by atoms with van der Waals surface area (Å²) in [5, 5.41) is 0. The van der Waals surface area contributed by atoms with Gasteiger partial charge in [-0.3, -0.25) is 4.79 Å². The Kier molecular flexibility index (Phi) is 5.73. The Morgan fingerprint density at radius 1 is 1.40 bits per heavy atom. The van der Waals surface area contributed by atoms with Crippen molar-refractivity contribution in [3.8, 4) is 5.75 Å². The Morgan fingerprint density at radius 3 is 2.96 bits per heavy atom. The number of nitrogens with zero attached hydrogens (tertiary/aromatic N) is 1. The van der Waals surface area contributed by atoms with Crippen molar-refractivity contribution in [3.05, 3.63) is 53.5 Å². The highest BCUT2D eigenvalue weighted by Gasteiger charge is 2.24. The normalized spacial score (nSPS) is 16.8. The number of furan rings is 1. The summed E-state index contributed by atoms with van der Waals surface area (Å²) < 4.78 is 16.3. The monoisotopic (exact) mass is 344 g/mol. The lowest BCUT2D eigenvalue weighted by atomic mass is 10.1. The van der Waals surface area contributed by atoms with Crippen LogP contribution in [0.1, 0.15) is 34.5 Å². The number of hydrogen-bond donors (Lipinski definition) is 1. The lowest BCUT2D eigenvalue weighted by Crippen LogP contribution is -2.36. The van der Waals surface area contributed by atoms with Gasteiger partial charge in [0.05, 0.1) is 25.3 Å². The number of carbonyl (C=O) groups is 1. The molecule has 134 valence electrons. The third kappa shape index (κ3) is 4.41. The topological polar surface area (TPSA) is 77.9 Å². The predicted octanol–water partition coefficient (Wildman–Crippen LogP) is 2.57. The van der Waals surface area contributed by atoms with Gasteiger partial charge in [-0.2, -0.15) is 0 Å². The Bertz CT molecular complexity index is 707. The molecule has 25 heavy (non-hydrogen) atoms. The zero-order valence-electron chi connectivity index (χ0n) is 14.4. The van der Waals surface area contributed by atoms with Gasteiger partial charge < -0.3 is 24.5 Å². The molecule has 1 amide bonds. The van der Waals surface area contributed by atoms with E-state index in [2.05, 4.69) is 0 Å². The van der Waals surface area contributed by atoms with Gasteiger partial charge in [0.2, 0.25) is 0 Å². The van der Waals surface area contributed by atoms with Gasteiger partial charge in [0.1, 0.15) is 17.8 Å². The first-order valence-corrected chi connectivity index (χ1v) is 8.51. The van der Waals surface area contributed by atoms with Crippen molar-refractivity contribution in [2.45, 2.75) is 32.0 Å². The quantitative estimate of drug-likeness (QED) is 0.835. The molecule has 1 aromatic carbocycles. The predicted molar refractivity (Wildman–Crippen MR) is 93.3 cm³/mol. The molecule has 1 aliphatic heterocycles. The Hall–Kier alpha value is -2.31. The Morgan fingerprint density at radius 2 is 2.28 bits per heavy atom. The Balaban J connectivity index is 1.79. The van der Waals surface area contributed by atoms with Crippen LogP contribution in [0.15, 0.2) is 41.0 Å². The summed E-state index contributed by atoms with van der Waals surface area (Å²) in [6.45, 7) is 2.07. The standard InChI is InChI=1S/C19H24N2O4/c1-23-16-5-2-4-14(8-16)11-21(12-17-6-3-7-24-17)19(22)15-9-18(10-20)25-13-15/h2,4-5,8-9,13,17H,3,6-7,10-12,20H2,1H3. The first kappa shape index (κ1) is 17.5. The molecule has 1 fully saturated rings. The number of rotatable bonds is 7. The molecular weight excluding hydrogens is 320 g/mol. The zero-order chi connectivity index (χ0) is 17.6. The minimum absolute atomic E-state index is 0.0791. The van der Waals surface area contributed by atoms with E-state index >= 15 is 0 Å². The minimum atomic E-state index is -0.0817. The molecule has 1 aliphatic rings. The van der Waals surface area contributed by atoms with Crippen LogP contribution >= 0.6 is 0 Å². The molecule has 0 bridgehead atoms. The fourth-order valence-electron chi connectivity index (χ4n) is 3.03. The molecule has 3 rings (SSSR count). The van der Waals surface area contributed by atoms with Gasteiger partial charge in [-0.05, 0) is 36.6 Å². The van der Waals surface area contributed by atoms with Crippen molar-refractivity contribution in [1.29, 1.82) is 0 Å². The average molecular weight is 344 g/mol. The summed E-state index contributed by atoms with van der Waals surface area (Å²) in [7, 11) is 1.63. The Labute approximate surface area is 147 Å². The van der Waals surface area contributed by atoms with Crippen LogP contribution in [0.3, 0.4) is 0 Å². The third-order valence-corrected chi connectivity index (χ3v) is 4.34. The molecule has 1 aromatic heterocycles. The molecule has 1 saturated heterocycles. The maximum atomic E-state index is 13.0. The molecule has 2 heterocycles. The van der Waals surface area contributed by atoms with E-state index < -0.39 is 0 Å².